The highest BCUT2D eigenvalue weighted by molar-refractivity contribution is 7.93. The second-order valence-corrected chi connectivity index (χ2v) is 9.46. The molecule has 1 aliphatic rings. The highest BCUT2D eigenvalue weighted by Crippen LogP contribution is 2.41. The molecule has 0 atom stereocenters. The maximum Gasteiger partial charge on any atom is 0.242 e. The van der Waals surface area contributed by atoms with Crippen molar-refractivity contribution < 1.29 is 13.2 Å². The summed E-state index contributed by atoms with van der Waals surface area (Å²) < 4.78 is 25.2. The quantitative estimate of drug-likeness (QED) is 0.836. The predicted octanol–water partition coefficient (Wildman–Crippen LogP) is 4.05. The van der Waals surface area contributed by atoms with Crippen LogP contribution in [0.2, 0.25) is 5.02 Å². The van der Waals surface area contributed by atoms with Crippen molar-refractivity contribution in [2.45, 2.75) is 48.8 Å². The lowest BCUT2D eigenvalue weighted by Crippen LogP contribution is -2.50. The molecule has 1 N–H and O–H groups in total. The van der Waals surface area contributed by atoms with E-state index >= 15 is 0 Å². The fraction of sp³-hybridized carbons (Fsp3) is 0.350. The molecule has 2 aromatic carbocycles. The van der Waals surface area contributed by atoms with Crippen molar-refractivity contribution in [3.8, 4) is 0 Å². The molecule has 1 saturated carbocycles. The topological polar surface area (TPSA) is 63.2 Å². The Kier molecular flexibility index (Phi) is 5.39. The Balaban J connectivity index is 1.88. The van der Waals surface area contributed by atoms with Gasteiger partial charge in [0.05, 0.1) is 4.90 Å². The van der Waals surface area contributed by atoms with Crippen molar-refractivity contribution in [2.24, 2.45) is 0 Å². The van der Waals surface area contributed by atoms with Gasteiger partial charge < -0.3 is 5.32 Å². The summed E-state index contributed by atoms with van der Waals surface area (Å²) in [5, 5.41) is 3.33. The number of rotatable bonds is 5. The van der Waals surface area contributed by atoms with Crippen molar-refractivity contribution in [3.63, 3.8) is 0 Å². The zero-order valence-corrected chi connectivity index (χ0v) is 16.2. The summed E-state index contributed by atoms with van der Waals surface area (Å²) in [4.78, 5) is 13.2. The van der Waals surface area contributed by atoms with Gasteiger partial charge in [0.2, 0.25) is 5.91 Å². The number of carbonyl (C=O) groups excluding carboxylic acids is 1. The number of halogens is 1. The third kappa shape index (κ3) is 3.38. The minimum atomic E-state index is -3.80. The van der Waals surface area contributed by atoms with E-state index in [2.05, 4.69) is 5.32 Å². The van der Waals surface area contributed by atoms with E-state index in [1.807, 2.05) is 31.2 Å². The summed E-state index contributed by atoms with van der Waals surface area (Å²) in [7, 11) is -3.80. The smallest absolute Gasteiger partial charge is 0.242 e. The summed E-state index contributed by atoms with van der Waals surface area (Å²) in [6.45, 7) is 2.29. The van der Waals surface area contributed by atoms with E-state index in [1.165, 1.54) is 12.1 Å². The van der Waals surface area contributed by atoms with Crippen LogP contribution in [0.4, 0.5) is 0 Å². The SMILES string of the molecule is Cc1ccccc1CNC(=O)C1(S(=O)(=O)c2ccc(Cl)cc2)CCCC1. The third-order valence-electron chi connectivity index (χ3n) is 5.16. The molecule has 0 spiro atoms. The molecular formula is C20H22ClNO3S. The molecule has 1 fully saturated rings. The van der Waals surface area contributed by atoms with E-state index in [-0.39, 0.29) is 4.90 Å². The Morgan fingerprint density at radius 2 is 1.69 bits per heavy atom. The highest BCUT2D eigenvalue weighted by Gasteiger charge is 2.52. The van der Waals surface area contributed by atoms with E-state index < -0.39 is 20.5 Å². The van der Waals surface area contributed by atoms with Gasteiger partial charge in [-0.05, 0) is 55.2 Å². The Hall–Kier alpha value is -1.85. The number of carbonyl (C=O) groups is 1. The predicted molar refractivity (Wildman–Crippen MR) is 103 cm³/mol. The van der Waals surface area contributed by atoms with Crippen LogP contribution in [0.3, 0.4) is 0 Å². The molecule has 0 unspecified atom stereocenters. The van der Waals surface area contributed by atoms with Crippen molar-refractivity contribution in [2.75, 3.05) is 0 Å². The molecule has 6 heteroatoms. The van der Waals surface area contributed by atoms with Crippen LogP contribution in [-0.4, -0.2) is 19.1 Å². The fourth-order valence-electron chi connectivity index (χ4n) is 3.55. The Labute approximate surface area is 159 Å². The summed E-state index contributed by atoms with van der Waals surface area (Å²) >= 11 is 5.88. The molecule has 2 aromatic rings. The van der Waals surface area contributed by atoms with Gasteiger partial charge in [-0.15, -0.1) is 0 Å². The standard InChI is InChI=1S/C20H22ClNO3S/c1-15-6-2-3-7-16(15)14-22-19(23)20(12-4-5-13-20)26(24,25)18-10-8-17(21)9-11-18/h2-3,6-11H,4-5,12-14H2,1H3,(H,22,23). The lowest BCUT2D eigenvalue weighted by molar-refractivity contribution is -0.123. The molecule has 26 heavy (non-hydrogen) atoms. The van der Waals surface area contributed by atoms with Crippen molar-refractivity contribution in [1.82, 2.24) is 5.32 Å². The second kappa shape index (κ2) is 7.41. The van der Waals surface area contributed by atoms with Gasteiger partial charge in [0.1, 0.15) is 0 Å². The molecule has 0 radical (unpaired) electrons. The molecule has 1 amide bonds. The Morgan fingerprint density at radius 1 is 1.08 bits per heavy atom. The normalized spacial score (nSPS) is 16.4. The molecule has 4 nitrogen and oxygen atoms in total. The molecule has 3 rings (SSSR count). The molecule has 1 aliphatic carbocycles. The number of aryl methyl sites for hydroxylation is 1. The van der Waals surface area contributed by atoms with E-state index in [1.54, 1.807) is 12.1 Å². The van der Waals surface area contributed by atoms with Gasteiger partial charge in [-0.3, -0.25) is 4.79 Å². The molecule has 0 aliphatic heterocycles. The first-order valence-electron chi connectivity index (χ1n) is 8.70. The average Bonchev–Trinajstić information content (AvgIpc) is 3.13. The third-order valence-corrected chi connectivity index (χ3v) is 7.93. The zero-order chi connectivity index (χ0) is 18.8. The van der Waals surface area contributed by atoms with E-state index in [0.29, 0.717) is 24.4 Å². The number of nitrogens with one attached hydrogen (secondary N) is 1. The lowest BCUT2D eigenvalue weighted by atomic mass is 10.1. The van der Waals surface area contributed by atoms with Gasteiger partial charge in [0, 0.05) is 11.6 Å². The molecule has 0 saturated heterocycles. The molecule has 0 bridgehead atoms. The van der Waals surface area contributed by atoms with Crippen LogP contribution in [0.1, 0.15) is 36.8 Å². The van der Waals surface area contributed by atoms with Gasteiger partial charge >= 0.3 is 0 Å². The average molecular weight is 392 g/mol. The number of benzene rings is 2. The highest BCUT2D eigenvalue weighted by atomic mass is 35.5. The first-order valence-corrected chi connectivity index (χ1v) is 10.6. The number of hydrogen-bond acceptors (Lipinski definition) is 3. The number of sulfone groups is 1. The summed E-state index contributed by atoms with van der Waals surface area (Å²) in [5.41, 5.74) is 2.05. The number of amides is 1. The Bertz CT molecular complexity index is 901. The van der Waals surface area contributed by atoms with Crippen LogP contribution in [0.5, 0.6) is 0 Å². The van der Waals surface area contributed by atoms with Crippen LogP contribution in [0.25, 0.3) is 0 Å². The zero-order valence-electron chi connectivity index (χ0n) is 14.7. The second-order valence-electron chi connectivity index (χ2n) is 6.77. The van der Waals surface area contributed by atoms with Gasteiger partial charge in [-0.1, -0.05) is 48.7 Å². The maximum atomic E-state index is 13.3. The van der Waals surface area contributed by atoms with Crippen molar-refractivity contribution in [1.29, 1.82) is 0 Å². The van der Waals surface area contributed by atoms with Crippen LogP contribution < -0.4 is 5.32 Å². The minimum Gasteiger partial charge on any atom is -0.351 e. The lowest BCUT2D eigenvalue weighted by Gasteiger charge is -2.28. The summed E-state index contributed by atoms with van der Waals surface area (Å²) in [6, 6.07) is 13.8. The van der Waals surface area contributed by atoms with Crippen LogP contribution in [-0.2, 0) is 21.2 Å². The fourth-order valence-corrected chi connectivity index (χ4v) is 5.76. The molecule has 0 aromatic heterocycles. The van der Waals surface area contributed by atoms with E-state index in [4.69, 9.17) is 11.6 Å². The van der Waals surface area contributed by atoms with Gasteiger partial charge in [0.25, 0.3) is 0 Å². The number of hydrogen-bond donors (Lipinski definition) is 1. The van der Waals surface area contributed by atoms with Crippen molar-refractivity contribution >= 4 is 27.3 Å². The first-order chi connectivity index (χ1) is 12.4. The largest absolute Gasteiger partial charge is 0.351 e. The molecule has 138 valence electrons. The summed E-state index contributed by atoms with van der Waals surface area (Å²) in [5.74, 6) is -0.409. The van der Waals surface area contributed by atoms with E-state index in [0.717, 1.165) is 24.0 Å². The molecular weight excluding hydrogens is 370 g/mol. The van der Waals surface area contributed by atoms with E-state index in [9.17, 15) is 13.2 Å². The Morgan fingerprint density at radius 3 is 2.31 bits per heavy atom. The van der Waals surface area contributed by atoms with Gasteiger partial charge in [0.15, 0.2) is 14.6 Å². The van der Waals surface area contributed by atoms with Gasteiger partial charge in [-0.25, -0.2) is 8.42 Å². The van der Waals surface area contributed by atoms with Crippen molar-refractivity contribution in [3.05, 3.63) is 64.7 Å². The minimum absolute atomic E-state index is 0.148. The van der Waals surface area contributed by atoms with Gasteiger partial charge in [-0.2, -0.15) is 0 Å². The van der Waals surface area contributed by atoms with Crippen LogP contribution in [0.15, 0.2) is 53.4 Å². The monoisotopic (exact) mass is 391 g/mol. The van der Waals surface area contributed by atoms with Crippen LogP contribution in [0, 0.1) is 6.92 Å². The summed E-state index contributed by atoms with van der Waals surface area (Å²) in [6.07, 6.45) is 2.14. The maximum absolute atomic E-state index is 13.3. The first kappa shape index (κ1) is 18.9. The molecule has 0 heterocycles. The van der Waals surface area contributed by atoms with Crippen LogP contribution >= 0.6 is 11.6 Å².